The number of carbonyl (C=O) groups excluding carboxylic acids is 1. The molecule has 4 nitrogen and oxygen atoms in total. The summed E-state index contributed by atoms with van der Waals surface area (Å²) in [4.78, 5) is 13.3. The van der Waals surface area contributed by atoms with Gasteiger partial charge in [-0.3, -0.25) is 4.79 Å². The largest absolute Gasteiger partial charge is 0.492 e. The molecule has 0 amide bonds. The summed E-state index contributed by atoms with van der Waals surface area (Å²) in [5.74, 6) is 0.522. The number of Topliss-reactive ketones (excluding diaryl/α,β-unsaturated/α-hetero) is 1. The van der Waals surface area contributed by atoms with Gasteiger partial charge in [-0.2, -0.15) is 0 Å². The number of ether oxygens (including phenoxy) is 1. The molecule has 3 N–H and O–H groups in total. The van der Waals surface area contributed by atoms with Crippen LogP contribution in [-0.4, -0.2) is 19.4 Å². The quantitative estimate of drug-likeness (QED) is 0.749. The Morgan fingerprint density at radius 3 is 2.75 bits per heavy atom. The summed E-state index contributed by atoms with van der Waals surface area (Å²) >= 11 is 6.51. The Hall–Kier alpha value is -1.05. The number of ketones is 1. The molecule has 108 valence electrons. The Bertz CT molecular complexity index is 622. The standard InChI is InChI=1S/C13H15BrN2O2S2/c1-7(17)12-10(15)11(18-2)13(20-12)16-6-5-8-3-4-9(14)19-8/h3-4,16H,5-6,15H2,1-2H3. The molecule has 0 aliphatic heterocycles. The first-order chi connectivity index (χ1) is 9.52. The molecule has 0 aliphatic rings. The van der Waals surface area contributed by atoms with Gasteiger partial charge >= 0.3 is 0 Å². The lowest BCUT2D eigenvalue weighted by Crippen LogP contribution is -2.03. The predicted octanol–water partition coefficient (Wildman–Crippen LogP) is 4.02. The SMILES string of the molecule is COc1c(NCCc2ccc(Br)s2)sc(C(C)=O)c1N. The predicted molar refractivity (Wildman–Crippen MR) is 89.5 cm³/mol. The van der Waals surface area contributed by atoms with Crippen molar-refractivity contribution in [3.63, 3.8) is 0 Å². The third-order valence-electron chi connectivity index (χ3n) is 2.71. The summed E-state index contributed by atoms with van der Waals surface area (Å²) in [5.41, 5.74) is 6.34. The van der Waals surface area contributed by atoms with Crippen LogP contribution in [0.2, 0.25) is 0 Å². The maximum atomic E-state index is 11.5. The second kappa shape index (κ2) is 6.60. The fraction of sp³-hybridized carbons (Fsp3) is 0.308. The van der Waals surface area contributed by atoms with Crippen LogP contribution >= 0.6 is 38.6 Å². The number of halogens is 1. The Morgan fingerprint density at radius 1 is 1.45 bits per heavy atom. The van der Waals surface area contributed by atoms with Crippen LogP contribution in [0.3, 0.4) is 0 Å². The molecule has 0 aliphatic carbocycles. The smallest absolute Gasteiger partial charge is 0.176 e. The van der Waals surface area contributed by atoms with Crippen molar-refractivity contribution in [2.24, 2.45) is 0 Å². The van der Waals surface area contributed by atoms with Gasteiger partial charge in [0, 0.05) is 18.3 Å². The molecule has 2 rings (SSSR count). The lowest BCUT2D eigenvalue weighted by atomic mass is 10.3. The average Bonchev–Trinajstić information content (AvgIpc) is 2.94. The van der Waals surface area contributed by atoms with E-state index < -0.39 is 0 Å². The molecule has 20 heavy (non-hydrogen) atoms. The van der Waals surface area contributed by atoms with Gasteiger partial charge in [-0.05, 0) is 34.5 Å². The van der Waals surface area contributed by atoms with Crippen molar-refractivity contribution >= 4 is 55.1 Å². The number of nitrogens with one attached hydrogen (secondary N) is 1. The van der Waals surface area contributed by atoms with E-state index in [1.807, 2.05) is 6.07 Å². The highest BCUT2D eigenvalue weighted by molar-refractivity contribution is 9.11. The first-order valence-electron chi connectivity index (χ1n) is 5.98. The summed E-state index contributed by atoms with van der Waals surface area (Å²) in [6.45, 7) is 2.27. The Labute approximate surface area is 134 Å². The van der Waals surface area contributed by atoms with Gasteiger partial charge in [0.1, 0.15) is 5.00 Å². The van der Waals surface area contributed by atoms with Crippen LogP contribution in [-0.2, 0) is 6.42 Å². The Morgan fingerprint density at radius 2 is 2.20 bits per heavy atom. The van der Waals surface area contributed by atoms with Crippen molar-refractivity contribution in [3.05, 3.63) is 25.7 Å². The molecule has 0 spiro atoms. The van der Waals surface area contributed by atoms with Gasteiger partial charge in [0.05, 0.1) is 21.5 Å². The van der Waals surface area contributed by atoms with E-state index in [4.69, 9.17) is 10.5 Å². The number of thiophene rings is 2. The van der Waals surface area contributed by atoms with Crippen LogP contribution in [0.1, 0.15) is 21.5 Å². The second-order valence-electron chi connectivity index (χ2n) is 4.15. The zero-order chi connectivity index (χ0) is 14.7. The molecule has 7 heteroatoms. The number of carbonyl (C=O) groups is 1. The van der Waals surface area contributed by atoms with Crippen LogP contribution in [0, 0.1) is 0 Å². The normalized spacial score (nSPS) is 10.6. The van der Waals surface area contributed by atoms with Gasteiger partial charge in [0.15, 0.2) is 11.5 Å². The fourth-order valence-electron chi connectivity index (χ4n) is 1.79. The topological polar surface area (TPSA) is 64.3 Å². The van der Waals surface area contributed by atoms with Gasteiger partial charge < -0.3 is 15.8 Å². The van der Waals surface area contributed by atoms with E-state index in [2.05, 4.69) is 27.3 Å². The van der Waals surface area contributed by atoms with E-state index in [-0.39, 0.29) is 5.78 Å². The molecule has 0 unspecified atom stereocenters. The highest BCUT2D eigenvalue weighted by Crippen LogP contribution is 2.42. The van der Waals surface area contributed by atoms with Crippen molar-refractivity contribution in [1.29, 1.82) is 0 Å². The summed E-state index contributed by atoms with van der Waals surface area (Å²) in [6.07, 6.45) is 0.909. The molecular weight excluding hydrogens is 360 g/mol. The molecule has 0 saturated carbocycles. The van der Waals surface area contributed by atoms with E-state index in [0.717, 1.165) is 21.8 Å². The lowest BCUT2D eigenvalue weighted by molar-refractivity contribution is 0.102. The van der Waals surface area contributed by atoms with Crippen LogP contribution in [0.5, 0.6) is 5.75 Å². The lowest BCUT2D eigenvalue weighted by Gasteiger charge is -2.06. The second-order valence-corrected chi connectivity index (χ2v) is 7.71. The van der Waals surface area contributed by atoms with Crippen molar-refractivity contribution in [2.45, 2.75) is 13.3 Å². The zero-order valence-corrected chi connectivity index (χ0v) is 14.4. The van der Waals surface area contributed by atoms with E-state index in [1.165, 1.54) is 23.1 Å². The van der Waals surface area contributed by atoms with Crippen molar-refractivity contribution < 1.29 is 9.53 Å². The van der Waals surface area contributed by atoms with E-state index >= 15 is 0 Å². The Balaban J connectivity index is 2.05. The monoisotopic (exact) mass is 374 g/mol. The molecule has 2 heterocycles. The number of anilines is 2. The van der Waals surface area contributed by atoms with Crippen molar-refractivity contribution in [3.8, 4) is 5.75 Å². The van der Waals surface area contributed by atoms with Gasteiger partial charge in [-0.1, -0.05) is 0 Å². The average molecular weight is 375 g/mol. The van der Waals surface area contributed by atoms with Crippen molar-refractivity contribution in [1.82, 2.24) is 0 Å². The summed E-state index contributed by atoms with van der Waals surface area (Å²) in [7, 11) is 1.56. The van der Waals surface area contributed by atoms with Gasteiger partial charge in [0.25, 0.3) is 0 Å². The highest BCUT2D eigenvalue weighted by Gasteiger charge is 2.19. The van der Waals surface area contributed by atoms with Crippen LogP contribution < -0.4 is 15.8 Å². The van der Waals surface area contributed by atoms with Crippen LogP contribution in [0.4, 0.5) is 10.7 Å². The highest BCUT2D eigenvalue weighted by atomic mass is 79.9. The van der Waals surface area contributed by atoms with Crippen molar-refractivity contribution in [2.75, 3.05) is 24.7 Å². The number of rotatable bonds is 6. The Kier molecular flexibility index (Phi) is 5.06. The van der Waals surface area contributed by atoms with E-state index in [9.17, 15) is 4.79 Å². The van der Waals surface area contributed by atoms with E-state index in [0.29, 0.717) is 16.3 Å². The summed E-state index contributed by atoms with van der Waals surface area (Å²) < 4.78 is 6.41. The molecule has 0 radical (unpaired) electrons. The first kappa shape index (κ1) is 15.3. The molecule has 0 saturated heterocycles. The molecule has 0 fully saturated rings. The molecular formula is C13H15BrN2O2S2. The van der Waals surface area contributed by atoms with Gasteiger partial charge in [-0.25, -0.2) is 0 Å². The minimum atomic E-state index is -0.0407. The van der Waals surface area contributed by atoms with Crippen LogP contribution in [0.15, 0.2) is 15.9 Å². The van der Waals surface area contributed by atoms with Gasteiger partial charge in [0.2, 0.25) is 0 Å². The van der Waals surface area contributed by atoms with Crippen LogP contribution in [0.25, 0.3) is 0 Å². The number of nitrogen functional groups attached to an aromatic ring is 1. The first-order valence-corrected chi connectivity index (χ1v) is 8.40. The number of methoxy groups -OCH3 is 1. The van der Waals surface area contributed by atoms with E-state index in [1.54, 1.807) is 18.4 Å². The molecule has 2 aromatic rings. The number of nitrogens with two attached hydrogens (primary N) is 1. The minimum absolute atomic E-state index is 0.0407. The van der Waals surface area contributed by atoms with Gasteiger partial charge in [-0.15, -0.1) is 22.7 Å². The molecule has 0 atom stereocenters. The molecule has 0 bridgehead atoms. The third kappa shape index (κ3) is 3.34. The molecule has 0 aromatic carbocycles. The number of hydrogen-bond donors (Lipinski definition) is 2. The fourth-order valence-corrected chi connectivity index (χ4v) is 4.29. The maximum Gasteiger partial charge on any atom is 0.176 e. The minimum Gasteiger partial charge on any atom is -0.492 e. The zero-order valence-electron chi connectivity index (χ0n) is 11.2. The summed E-state index contributed by atoms with van der Waals surface area (Å²) in [6, 6.07) is 4.13. The molecule has 2 aromatic heterocycles. The number of hydrogen-bond acceptors (Lipinski definition) is 6. The summed E-state index contributed by atoms with van der Waals surface area (Å²) in [5, 5.41) is 4.10. The maximum absolute atomic E-state index is 11.5. The third-order valence-corrected chi connectivity index (χ3v) is 5.64.